The number of rotatable bonds is 5. The minimum atomic E-state index is -4.37. The van der Waals surface area contributed by atoms with Crippen molar-refractivity contribution in [2.45, 2.75) is 32.4 Å². The van der Waals surface area contributed by atoms with Gasteiger partial charge in [-0.3, -0.25) is 0 Å². The molecule has 0 aliphatic rings. The van der Waals surface area contributed by atoms with Gasteiger partial charge in [0.25, 0.3) is 0 Å². The van der Waals surface area contributed by atoms with E-state index in [1.54, 1.807) is 0 Å². The van der Waals surface area contributed by atoms with E-state index < -0.39 is 11.7 Å². The van der Waals surface area contributed by atoms with Gasteiger partial charge in [-0.15, -0.1) is 0 Å². The molecule has 2 nitrogen and oxygen atoms in total. The Morgan fingerprint density at radius 1 is 1.24 bits per heavy atom. The Kier molecular flexibility index (Phi) is 4.66. The average Bonchev–Trinajstić information content (AvgIpc) is 2.24. The highest BCUT2D eigenvalue weighted by atomic mass is 19.4. The molecule has 0 saturated carbocycles. The predicted molar refractivity (Wildman–Crippen MR) is 60.9 cm³/mol. The van der Waals surface area contributed by atoms with E-state index in [0.29, 0.717) is 12.4 Å². The minimum absolute atomic E-state index is 0.0244. The zero-order chi connectivity index (χ0) is 12.9. The van der Waals surface area contributed by atoms with Gasteiger partial charge in [0.1, 0.15) is 5.75 Å². The maximum absolute atomic E-state index is 12.4. The van der Waals surface area contributed by atoms with E-state index in [1.165, 1.54) is 6.07 Å². The molecular formula is C12H16F3NO. The molecule has 96 valence electrons. The molecule has 17 heavy (non-hydrogen) atoms. The van der Waals surface area contributed by atoms with Crippen LogP contribution >= 0.6 is 0 Å². The first-order chi connectivity index (χ1) is 7.95. The maximum atomic E-state index is 12.4. The van der Waals surface area contributed by atoms with Gasteiger partial charge >= 0.3 is 6.18 Å². The van der Waals surface area contributed by atoms with E-state index in [1.807, 2.05) is 0 Å². The fraction of sp³-hybridized carbons (Fsp3) is 0.500. The van der Waals surface area contributed by atoms with Crippen LogP contribution in [0.5, 0.6) is 5.75 Å². The largest absolute Gasteiger partial charge is 0.491 e. The molecular weight excluding hydrogens is 231 g/mol. The number of hydrogen-bond donors (Lipinski definition) is 1. The van der Waals surface area contributed by atoms with Crippen LogP contribution in [0.15, 0.2) is 18.2 Å². The fourth-order valence-electron chi connectivity index (χ4n) is 1.39. The third kappa shape index (κ3) is 4.17. The molecule has 0 amide bonds. The van der Waals surface area contributed by atoms with Crippen LogP contribution in [0.1, 0.15) is 31.7 Å². The second-order valence-corrected chi connectivity index (χ2v) is 3.81. The van der Waals surface area contributed by atoms with Crippen molar-refractivity contribution in [2.75, 3.05) is 12.3 Å². The lowest BCUT2D eigenvalue weighted by Gasteiger charge is -2.11. The highest BCUT2D eigenvalue weighted by Crippen LogP contribution is 2.33. The van der Waals surface area contributed by atoms with Crippen LogP contribution < -0.4 is 10.5 Å². The van der Waals surface area contributed by atoms with Crippen LogP contribution in [-0.4, -0.2) is 6.61 Å². The summed E-state index contributed by atoms with van der Waals surface area (Å²) in [6.07, 6.45) is -1.40. The van der Waals surface area contributed by atoms with Crippen LogP contribution in [0.3, 0.4) is 0 Å². The molecule has 5 heteroatoms. The second-order valence-electron chi connectivity index (χ2n) is 3.81. The Labute approximate surface area is 98.6 Å². The Morgan fingerprint density at radius 2 is 1.94 bits per heavy atom. The van der Waals surface area contributed by atoms with Gasteiger partial charge < -0.3 is 10.5 Å². The van der Waals surface area contributed by atoms with Crippen molar-refractivity contribution in [2.24, 2.45) is 0 Å². The first-order valence-corrected chi connectivity index (χ1v) is 5.54. The number of anilines is 1. The van der Waals surface area contributed by atoms with E-state index >= 15 is 0 Å². The Bertz CT molecular complexity index is 363. The van der Waals surface area contributed by atoms with E-state index in [0.717, 1.165) is 31.4 Å². The van der Waals surface area contributed by atoms with Crippen molar-refractivity contribution in [1.82, 2.24) is 0 Å². The molecule has 1 aromatic rings. The Balaban J connectivity index is 2.64. The van der Waals surface area contributed by atoms with Crippen molar-refractivity contribution in [3.05, 3.63) is 23.8 Å². The summed E-state index contributed by atoms with van der Waals surface area (Å²) in [5, 5.41) is 0. The van der Waals surface area contributed by atoms with Crippen molar-refractivity contribution in [1.29, 1.82) is 0 Å². The Hall–Kier alpha value is -1.39. The van der Waals surface area contributed by atoms with Crippen molar-refractivity contribution in [3.63, 3.8) is 0 Å². The SMILES string of the molecule is CCCCCOc1ccc(C(F)(F)F)cc1N. The molecule has 0 aliphatic carbocycles. The molecule has 1 aromatic carbocycles. The summed E-state index contributed by atoms with van der Waals surface area (Å²) in [5.74, 6) is 0.314. The highest BCUT2D eigenvalue weighted by molar-refractivity contribution is 5.54. The van der Waals surface area contributed by atoms with Crippen molar-refractivity contribution >= 4 is 5.69 Å². The number of nitrogen functional groups attached to an aromatic ring is 1. The number of nitrogens with two attached hydrogens (primary N) is 1. The summed E-state index contributed by atoms with van der Waals surface area (Å²) in [6.45, 7) is 2.54. The van der Waals surface area contributed by atoms with Gasteiger partial charge in [0.2, 0.25) is 0 Å². The van der Waals surface area contributed by atoms with Crippen LogP contribution in [0.2, 0.25) is 0 Å². The van der Waals surface area contributed by atoms with E-state index in [2.05, 4.69) is 6.92 Å². The van der Waals surface area contributed by atoms with E-state index in [4.69, 9.17) is 10.5 Å². The van der Waals surface area contributed by atoms with E-state index in [-0.39, 0.29) is 5.69 Å². The molecule has 2 N–H and O–H groups in total. The highest BCUT2D eigenvalue weighted by Gasteiger charge is 2.30. The van der Waals surface area contributed by atoms with Crippen LogP contribution in [-0.2, 0) is 6.18 Å². The standard InChI is InChI=1S/C12H16F3NO/c1-2-3-4-7-17-11-6-5-9(8-10(11)16)12(13,14)15/h5-6,8H,2-4,7,16H2,1H3. The monoisotopic (exact) mass is 247 g/mol. The van der Waals surface area contributed by atoms with Gasteiger partial charge in [-0.1, -0.05) is 19.8 Å². The summed E-state index contributed by atoms with van der Waals surface area (Å²) < 4.78 is 42.4. The minimum Gasteiger partial charge on any atom is -0.491 e. The van der Waals surface area contributed by atoms with Gasteiger partial charge in [0.05, 0.1) is 17.9 Å². The number of unbranched alkanes of at least 4 members (excludes halogenated alkanes) is 2. The first-order valence-electron chi connectivity index (χ1n) is 5.54. The van der Waals surface area contributed by atoms with E-state index in [9.17, 15) is 13.2 Å². The molecule has 0 radical (unpaired) electrons. The third-order valence-corrected chi connectivity index (χ3v) is 2.34. The van der Waals surface area contributed by atoms with Gasteiger partial charge in [-0.05, 0) is 24.6 Å². The molecule has 0 saturated heterocycles. The number of benzene rings is 1. The lowest BCUT2D eigenvalue weighted by Crippen LogP contribution is -2.07. The molecule has 1 rings (SSSR count). The number of hydrogen-bond acceptors (Lipinski definition) is 2. The van der Waals surface area contributed by atoms with Crippen LogP contribution in [0, 0.1) is 0 Å². The average molecular weight is 247 g/mol. The van der Waals surface area contributed by atoms with Gasteiger partial charge in [-0.2, -0.15) is 13.2 Å². The molecule has 0 fully saturated rings. The quantitative estimate of drug-likeness (QED) is 0.633. The zero-order valence-corrected chi connectivity index (χ0v) is 9.68. The molecule has 0 unspecified atom stereocenters. The Morgan fingerprint density at radius 3 is 2.47 bits per heavy atom. The van der Waals surface area contributed by atoms with Crippen LogP contribution in [0.25, 0.3) is 0 Å². The lowest BCUT2D eigenvalue weighted by molar-refractivity contribution is -0.137. The smallest absolute Gasteiger partial charge is 0.416 e. The summed E-state index contributed by atoms with van der Waals surface area (Å²) in [4.78, 5) is 0. The third-order valence-electron chi connectivity index (χ3n) is 2.34. The molecule has 0 heterocycles. The molecule has 0 bridgehead atoms. The number of halogens is 3. The number of ether oxygens (including phenoxy) is 1. The fourth-order valence-corrected chi connectivity index (χ4v) is 1.39. The van der Waals surface area contributed by atoms with Crippen LogP contribution in [0.4, 0.5) is 18.9 Å². The van der Waals surface area contributed by atoms with Crippen molar-refractivity contribution in [3.8, 4) is 5.75 Å². The zero-order valence-electron chi connectivity index (χ0n) is 9.68. The predicted octanol–water partition coefficient (Wildman–Crippen LogP) is 3.86. The summed E-state index contributed by atoms with van der Waals surface area (Å²) in [5.41, 5.74) is 4.78. The second kappa shape index (κ2) is 5.80. The molecule has 0 aliphatic heterocycles. The summed E-state index contributed by atoms with van der Waals surface area (Å²) >= 11 is 0. The maximum Gasteiger partial charge on any atom is 0.416 e. The summed E-state index contributed by atoms with van der Waals surface area (Å²) in [7, 11) is 0. The first kappa shape index (κ1) is 13.7. The topological polar surface area (TPSA) is 35.2 Å². The molecule has 0 aromatic heterocycles. The molecule has 0 atom stereocenters. The summed E-state index contributed by atoms with van der Waals surface area (Å²) in [6, 6.07) is 3.14. The lowest BCUT2D eigenvalue weighted by atomic mass is 10.2. The number of alkyl halides is 3. The van der Waals surface area contributed by atoms with Gasteiger partial charge in [0, 0.05) is 0 Å². The van der Waals surface area contributed by atoms with Crippen molar-refractivity contribution < 1.29 is 17.9 Å². The van der Waals surface area contributed by atoms with Gasteiger partial charge in [0.15, 0.2) is 0 Å². The molecule has 0 spiro atoms. The normalized spacial score (nSPS) is 11.5. The van der Waals surface area contributed by atoms with Gasteiger partial charge in [-0.25, -0.2) is 0 Å².